The SMILES string of the molecule is CCN1CCC(NCCN(Cc2ccccc2)c2ccccn2)CC1. The summed E-state index contributed by atoms with van der Waals surface area (Å²) in [5, 5.41) is 3.76. The van der Waals surface area contributed by atoms with Gasteiger partial charge in [-0.2, -0.15) is 0 Å². The van der Waals surface area contributed by atoms with Crippen LogP contribution in [0.1, 0.15) is 25.3 Å². The minimum absolute atomic E-state index is 0.658. The van der Waals surface area contributed by atoms with E-state index in [1.165, 1.54) is 38.0 Å². The van der Waals surface area contributed by atoms with E-state index in [9.17, 15) is 0 Å². The molecule has 0 radical (unpaired) electrons. The lowest BCUT2D eigenvalue weighted by molar-refractivity contribution is 0.207. The Kier molecular flexibility index (Phi) is 6.83. The molecule has 1 aliphatic rings. The molecule has 0 aliphatic carbocycles. The van der Waals surface area contributed by atoms with Crippen LogP contribution < -0.4 is 10.2 Å². The fraction of sp³-hybridized carbons (Fsp3) is 0.476. The third-order valence-electron chi connectivity index (χ3n) is 5.04. The normalized spacial score (nSPS) is 16.0. The van der Waals surface area contributed by atoms with Gasteiger partial charge in [-0.15, -0.1) is 0 Å². The molecule has 0 unspecified atom stereocenters. The molecule has 1 aromatic heterocycles. The van der Waals surface area contributed by atoms with Gasteiger partial charge in [0.05, 0.1) is 0 Å². The summed E-state index contributed by atoms with van der Waals surface area (Å²) in [5.74, 6) is 1.05. The number of aromatic nitrogens is 1. The van der Waals surface area contributed by atoms with Crippen LogP contribution >= 0.6 is 0 Å². The Morgan fingerprint density at radius 3 is 2.52 bits per heavy atom. The lowest BCUT2D eigenvalue weighted by Gasteiger charge is -2.32. The minimum atomic E-state index is 0.658. The van der Waals surface area contributed by atoms with Crippen molar-refractivity contribution in [2.24, 2.45) is 0 Å². The van der Waals surface area contributed by atoms with Crippen molar-refractivity contribution in [3.05, 3.63) is 60.3 Å². The van der Waals surface area contributed by atoms with E-state index in [1.54, 1.807) is 0 Å². The molecule has 1 N–H and O–H groups in total. The molecule has 0 bridgehead atoms. The van der Waals surface area contributed by atoms with Crippen molar-refractivity contribution in [1.82, 2.24) is 15.2 Å². The predicted molar refractivity (Wildman–Crippen MR) is 105 cm³/mol. The quantitative estimate of drug-likeness (QED) is 0.801. The van der Waals surface area contributed by atoms with Gasteiger partial charge < -0.3 is 15.1 Å². The summed E-state index contributed by atoms with van der Waals surface area (Å²) in [7, 11) is 0. The first-order chi connectivity index (χ1) is 12.3. The van der Waals surface area contributed by atoms with E-state index in [4.69, 9.17) is 0 Å². The van der Waals surface area contributed by atoms with Crippen LogP contribution in [-0.4, -0.2) is 48.6 Å². The van der Waals surface area contributed by atoms with E-state index in [-0.39, 0.29) is 0 Å². The largest absolute Gasteiger partial charge is 0.351 e. The third-order valence-corrected chi connectivity index (χ3v) is 5.04. The maximum atomic E-state index is 4.55. The monoisotopic (exact) mass is 338 g/mol. The number of piperidine rings is 1. The second-order valence-corrected chi connectivity index (χ2v) is 6.76. The second-order valence-electron chi connectivity index (χ2n) is 6.76. The van der Waals surface area contributed by atoms with Crippen LogP contribution in [0.3, 0.4) is 0 Å². The van der Waals surface area contributed by atoms with Crippen LogP contribution in [-0.2, 0) is 6.54 Å². The van der Waals surface area contributed by atoms with Gasteiger partial charge in [0.1, 0.15) is 5.82 Å². The zero-order valence-electron chi connectivity index (χ0n) is 15.3. The Labute approximate surface area is 151 Å². The molecule has 4 heteroatoms. The van der Waals surface area contributed by atoms with E-state index in [2.05, 4.69) is 69.5 Å². The fourth-order valence-electron chi connectivity index (χ4n) is 3.48. The summed E-state index contributed by atoms with van der Waals surface area (Å²) < 4.78 is 0. The van der Waals surface area contributed by atoms with Crippen molar-refractivity contribution < 1.29 is 0 Å². The highest BCUT2D eigenvalue weighted by Crippen LogP contribution is 2.14. The highest BCUT2D eigenvalue weighted by Gasteiger charge is 2.17. The molecule has 0 amide bonds. The number of benzene rings is 1. The molecule has 0 atom stereocenters. The number of hydrogen-bond acceptors (Lipinski definition) is 4. The molecule has 1 fully saturated rings. The smallest absolute Gasteiger partial charge is 0.128 e. The molecule has 0 saturated carbocycles. The van der Waals surface area contributed by atoms with E-state index in [0.29, 0.717) is 6.04 Å². The molecule has 3 rings (SSSR count). The zero-order valence-corrected chi connectivity index (χ0v) is 15.3. The first-order valence-corrected chi connectivity index (χ1v) is 9.51. The first-order valence-electron chi connectivity index (χ1n) is 9.51. The molecular weight excluding hydrogens is 308 g/mol. The molecule has 25 heavy (non-hydrogen) atoms. The molecule has 134 valence electrons. The molecule has 1 saturated heterocycles. The van der Waals surface area contributed by atoms with Crippen LogP contribution in [0.15, 0.2) is 54.7 Å². The van der Waals surface area contributed by atoms with Crippen LogP contribution in [0.5, 0.6) is 0 Å². The van der Waals surface area contributed by atoms with Crippen molar-refractivity contribution in [3.63, 3.8) is 0 Å². The van der Waals surface area contributed by atoms with E-state index in [1.807, 2.05) is 12.3 Å². The Hall–Kier alpha value is -1.91. The van der Waals surface area contributed by atoms with Gasteiger partial charge in [-0.25, -0.2) is 4.98 Å². The van der Waals surface area contributed by atoms with Crippen molar-refractivity contribution in [2.75, 3.05) is 37.6 Å². The van der Waals surface area contributed by atoms with Gasteiger partial charge in [0, 0.05) is 31.9 Å². The number of nitrogens with zero attached hydrogens (tertiary/aromatic N) is 3. The average Bonchev–Trinajstić information content (AvgIpc) is 2.69. The molecular formula is C21H30N4. The van der Waals surface area contributed by atoms with Crippen LogP contribution in [0.4, 0.5) is 5.82 Å². The van der Waals surface area contributed by atoms with Gasteiger partial charge in [-0.3, -0.25) is 0 Å². The average molecular weight is 338 g/mol. The Morgan fingerprint density at radius 1 is 1.08 bits per heavy atom. The number of anilines is 1. The topological polar surface area (TPSA) is 31.4 Å². The van der Waals surface area contributed by atoms with Gasteiger partial charge in [-0.05, 0) is 50.2 Å². The predicted octanol–water partition coefficient (Wildman–Crippen LogP) is 3.16. The van der Waals surface area contributed by atoms with E-state index in [0.717, 1.165) is 25.5 Å². The van der Waals surface area contributed by atoms with E-state index < -0.39 is 0 Å². The molecule has 4 nitrogen and oxygen atoms in total. The van der Waals surface area contributed by atoms with Gasteiger partial charge in [0.15, 0.2) is 0 Å². The van der Waals surface area contributed by atoms with Crippen molar-refractivity contribution in [1.29, 1.82) is 0 Å². The number of likely N-dealkylation sites (tertiary alicyclic amines) is 1. The lowest BCUT2D eigenvalue weighted by atomic mass is 10.1. The number of pyridine rings is 1. The number of nitrogens with one attached hydrogen (secondary N) is 1. The lowest BCUT2D eigenvalue weighted by Crippen LogP contribution is -2.44. The summed E-state index contributed by atoms with van der Waals surface area (Å²) in [4.78, 5) is 9.45. The summed E-state index contributed by atoms with van der Waals surface area (Å²) in [6.45, 7) is 8.75. The Balaban J connectivity index is 1.53. The molecule has 2 aromatic rings. The van der Waals surface area contributed by atoms with Gasteiger partial charge in [0.2, 0.25) is 0 Å². The Bertz CT molecular complexity index is 594. The fourth-order valence-corrected chi connectivity index (χ4v) is 3.48. The van der Waals surface area contributed by atoms with E-state index >= 15 is 0 Å². The third kappa shape index (κ3) is 5.55. The summed E-state index contributed by atoms with van der Waals surface area (Å²) in [5.41, 5.74) is 1.32. The first kappa shape index (κ1) is 17.9. The number of hydrogen-bond donors (Lipinski definition) is 1. The van der Waals surface area contributed by atoms with Gasteiger partial charge in [-0.1, -0.05) is 43.3 Å². The summed E-state index contributed by atoms with van der Waals surface area (Å²) >= 11 is 0. The van der Waals surface area contributed by atoms with Crippen molar-refractivity contribution in [3.8, 4) is 0 Å². The maximum Gasteiger partial charge on any atom is 0.128 e. The highest BCUT2D eigenvalue weighted by molar-refractivity contribution is 5.39. The van der Waals surface area contributed by atoms with Crippen molar-refractivity contribution in [2.45, 2.75) is 32.4 Å². The van der Waals surface area contributed by atoms with Gasteiger partial charge in [0.25, 0.3) is 0 Å². The summed E-state index contributed by atoms with van der Waals surface area (Å²) in [6.07, 6.45) is 4.40. The zero-order chi connectivity index (χ0) is 17.3. The van der Waals surface area contributed by atoms with Gasteiger partial charge >= 0.3 is 0 Å². The Morgan fingerprint density at radius 2 is 1.84 bits per heavy atom. The molecule has 2 heterocycles. The van der Waals surface area contributed by atoms with Crippen molar-refractivity contribution >= 4 is 5.82 Å². The second kappa shape index (κ2) is 9.54. The number of rotatable bonds is 8. The molecule has 1 aromatic carbocycles. The highest BCUT2D eigenvalue weighted by atomic mass is 15.2. The minimum Gasteiger partial charge on any atom is -0.351 e. The van der Waals surface area contributed by atoms with Crippen LogP contribution in [0.2, 0.25) is 0 Å². The molecule has 1 aliphatic heterocycles. The summed E-state index contributed by atoms with van der Waals surface area (Å²) in [6, 6.07) is 17.4. The maximum absolute atomic E-state index is 4.55. The standard InChI is InChI=1S/C21H30N4/c1-2-24-15-11-20(12-16-24)22-14-17-25(21-10-6-7-13-23-21)18-19-8-4-3-5-9-19/h3-10,13,20,22H,2,11-12,14-18H2,1H3. The molecule has 0 spiro atoms. The van der Waals surface area contributed by atoms with Crippen LogP contribution in [0.25, 0.3) is 0 Å². The van der Waals surface area contributed by atoms with Crippen LogP contribution in [0, 0.1) is 0 Å².